The number of hydrogen-bond acceptors (Lipinski definition) is 7. The Hall–Kier alpha value is -3.68. The van der Waals surface area contributed by atoms with Crippen LogP contribution in [0.25, 0.3) is 0 Å². The van der Waals surface area contributed by atoms with Crippen molar-refractivity contribution in [3.63, 3.8) is 0 Å². The number of benzene rings is 2. The summed E-state index contributed by atoms with van der Waals surface area (Å²) in [5, 5.41) is 6.15. The van der Waals surface area contributed by atoms with Gasteiger partial charge in [0.05, 0.1) is 0 Å². The second kappa shape index (κ2) is 9.29. The monoisotopic (exact) mass is 457 g/mol. The van der Waals surface area contributed by atoms with Gasteiger partial charge in [0, 0.05) is 50.2 Å². The van der Waals surface area contributed by atoms with Gasteiger partial charge in [0.25, 0.3) is 0 Å². The van der Waals surface area contributed by atoms with Crippen molar-refractivity contribution in [2.75, 3.05) is 46.6 Å². The van der Waals surface area contributed by atoms with E-state index < -0.39 is 0 Å². The van der Waals surface area contributed by atoms with Gasteiger partial charge in [-0.15, -0.1) is 0 Å². The van der Waals surface area contributed by atoms with Crippen LogP contribution in [0.15, 0.2) is 54.9 Å². The molecule has 0 unspecified atom stereocenters. The molecule has 2 aliphatic rings. The molecule has 0 aliphatic carbocycles. The predicted octanol–water partition coefficient (Wildman–Crippen LogP) is 4.38. The van der Waals surface area contributed by atoms with E-state index in [-0.39, 0.29) is 5.91 Å². The molecule has 0 saturated carbocycles. The number of nitrogens with zero attached hydrogens (tertiary/aromatic N) is 5. The SMILES string of the molecule is CC(=O)Nc1cccc(Nc2ncnc(N3CCC4(CCN(c5ccccc5)C4)CC3)n2)c1C. The molecule has 34 heavy (non-hydrogen) atoms. The van der Waals surface area contributed by atoms with Gasteiger partial charge in [-0.25, -0.2) is 9.97 Å². The molecule has 176 valence electrons. The van der Waals surface area contributed by atoms with Gasteiger partial charge in [-0.2, -0.15) is 4.98 Å². The molecule has 8 heteroatoms. The van der Waals surface area contributed by atoms with Crippen LogP contribution in [0.3, 0.4) is 0 Å². The molecule has 1 amide bonds. The number of para-hydroxylation sites is 1. The molecule has 3 aromatic rings. The van der Waals surface area contributed by atoms with Crippen LogP contribution in [0, 0.1) is 12.3 Å². The highest BCUT2D eigenvalue weighted by Crippen LogP contribution is 2.42. The lowest BCUT2D eigenvalue weighted by Crippen LogP contribution is -2.42. The summed E-state index contributed by atoms with van der Waals surface area (Å²) in [5.74, 6) is 1.12. The highest BCUT2D eigenvalue weighted by atomic mass is 16.1. The molecule has 2 N–H and O–H groups in total. The van der Waals surface area contributed by atoms with Crippen molar-refractivity contribution >= 4 is 34.9 Å². The summed E-state index contributed by atoms with van der Waals surface area (Å²) in [5.41, 5.74) is 4.26. The van der Waals surface area contributed by atoms with Gasteiger partial charge < -0.3 is 20.4 Å². The van der Waals surface area contributed by atoms with Crippen molar-refractivity contribution in [3.8, 4) is 0 Å². The summed E-state index contributed by atoms with van der Waals surface area (Å²) in [6.45, 7) is 7.61. The van der Waals surface area contributed by atoms with E-state index >= 15 is 0 Å². The molecule has 0 atom stereocenters. The van der Waals surface area contributed by atoms with E-state index in [1.54, 1.807) is 6.33 Å². The first-order chi connectivity index (χ1) is 16.5. The zero-order valence-electron chi connectivity index (χ0n) is 19.8. The van der Waals surface area contributed by atoms with Gasteiger partial charge in [-0.1, -0.05) is 24.3 Å². The average Bonchev–Trinajstić information content (AvgIpc) is 3.26. The van der Waals surface area contributed by atoms with Crippen LogP contribution in [0.1, 0.15) is 31.7 Å². The number of rotatable bonds is 5. The van der Waals surface area contributed by atoms with E-state index in [9.17, 15) is 4.79 Å². The Bertz CT molecular complexity index is 1160. The molecule has 1 spiro atoms. The minimum Gasteiger partial charge on any atom is -0.371 e. The lowest BCUT2D eigenvalue weighted by Gasteiger charge is -2.39. The first-order valence-corrected chi connectivity index (χ1v) is 11.9. The van der Waals surface area contributed by atoms with Crippen molar-refractivity contribution in [2.45, 2.75) is 33.1 Å². The molecule has 5 rings (SSSR count). The summed E-state index contributed by atoms with van der Waals surface area (Å²) in [7, 11) is 0. The second-order valence-electron chi connectivity index (χ2n) is 9.39. The molecule has 8 nitrogen and oxygen atoms in total. The molecule has 2 fully saturated rings. The van der Waals surface area contributed by atoms with Crippen molar-refractivity contribution in [1.82, 2.24) is 15.0 Å². The van der Waals surface area contributed by atoms with E-state index in [1.165, 1.54) is 19.0 Å². The summed E-state index contributed by atoms with van der Waals surface area (Å²) in [4.78, 5) is 29.7. The lowest BCUT2D eigenvalue weighted by molar-refractivity contribution is -0.114. The molecule has 3 heterocycles. The number of aromatic nitrogens is 3. The van der Waals surface area contributed by atoms with Gasteiger partial charge >= 0.3 is 0 Å². The van der Waals surface area contributed by atoms with Crippen molar-refractivity contribution in [1.29, 1.82) is 0 Å². The highest BCUT2D eigenvalue weighted by Gasteiger charge is 2.41. The maximum absolute atomic E-state index is 11.5. The lowest BCUT2D eigenvalue weighted by atomic mass is 9.78. The van der Waals surface area contributed by atoms with Gasteiger partial charge in [0.2, 0.25) is 17.8 Å². The molecule has 2 aromatic carbocycles. The Labute approximate surface area is 200 Å². The Balaban J connectivity index is 1.24. The standard InChI is InChI=1S/C26H31N7O/c1-19-22(29-20(2)34)9-6-10-23(19)30-24-27-18-28-25(31-24)32-14-11-26(12-15-32)13-16-33(17-26)21-7-4-3-5-8-21/h3-10,18H,11-17H2,1-2H3,(H,29,34)(H,27,28,30,31). The van der Waals surface area contributed by atoms with Gasteiger partial charge in [0.1, 0.15) is 6.33 Å². The minimum absolute atomic E-state index is 0.0975. The van der Waals surface area contributed by atoms with Gasteiger partial charge in [0.15, 0.2) is 0 Å². The van der Waals surface area contributed by atoms with E-state index in [4.69, 9.17) is 4.98 Å². The Kier molecular flexibility index (Phi) is 6.04. The minimum atomic E-state index is -0.0975. The normalized spacial score (nSPS) is 17.1. The average molecular weight is 458 g/mol. The number of amides is 1. The quantitative estimate of drug-likeness (QED) is 0.588. The van der Waals surface area contributed by atoms with E-state index in [1.807, 2.05) is 25.1 Å². The Morgan fingerprint density at radius 2 is 1.62 bits per heavy atom. The van der Waals surface area contributed by atoms with Crippen LogP contribution >= 0.6 is 0 Å². The molecule has 0 bridgehead atoms. The van der Waals surface area contributed by atoms with Crippen LogP contribution in [-0.4, -0.2) is 47.0 Å². The van der Waals surface area contributed by atoms with Crippen LogP contribution in [0.5, 0.6) is 0 Å². The summed E-state index contributed by atoms with van der Waals surface area (Å²) in [6.07, 6.45) is 5.09. The number of carbonyl (C=O) groups is 1. The highest BCUT2D eigenvalue weighted by molar-refractivity contribution is 5.90. The zero-order valence-corrected chi connectivity index (χ0v) is 19.8. The molecule has 1 aromatic heterocycles. The fourth-order valence-electron chi connectivity index (χ4n) is 5.10. The van der Waals surface area contributed by atoms with Crippen LogP contribution in [0.4, 0.5) is 29.0 Å². The van der Waals surface area contributed by atoms with Crippen LogP contribution in [0.2, 0.25) is 0 Å². The first kappa shape index (κ1) is 22.1. The van der Waals surface area contributed by atoms with Gasteiger partial charge in [-0.3, -0.25) is 4.79 Å². The fourth-order valence-corrected chi connectivity index (χ4v) is 5.10. The predicted molar refractivity (Wildman–Crippen MR) is 136 cm³/mol. The summed E-state index contributed by atoms with van der Waals surface area (Å²) >= 11 is 0. The molecule has 2 aliphatic heterocycles. The third kappa shape index (κ3) is 4.66. The number of nitrogens with one attached hydrogen (secondary N) is 2. The smallest absolute Gasteiger partial charge is 0.232 e. The fraction of sp³-hybridized carbons (Fsp3) is 0.385. The van der Waals surface area contributed by atoms with Gasteiger partial charge in [-0.05, 0) is 61.4 Å². The van der Waals surface area contributed by atoms with Crippen molar-refractivity contribution in [3.05, 3.63) is 60.4 Å². The van der Waals surface area contributed by atoms with E-state index in [2.05, 4.69) is 60.7 Å². The third-order valence-corrected chi connectivity index (χ3v) is 7.12. The summed E-state index contributed by atoms with van der Waals surface area (Å²) in [6, 6.07) is 16.5. The van der Waals surface area contributed by atoms with Crippen molar-refractivity contribution < 1.29 is 4.79 Å². The molecular formula is C26H31N7O. The molecular weight excluding hydrogens is 426 g/mol. The largest absolute Gasteiger partial charge is 0.371 e. The number of anilines is 5. The van der Waals surface area contributed by atoms with Crippen molar-refractivity contribution in [2.24, 2.45) is 5.41 Å². The number of piperidine rings is 1. The Morgan fingerprint density at radius 1 is 0.912 bits per heavy atom. The van der Waals surface area contributed by atoms with Crippen LogP contribution in [-0.2, 0) is 4.79 Å². The van der Waals surface area contributed by atoms with Crippen LogP contribution < -0.4 is 20.4 Å². The topological polar surface area (TPSA) is 86.3 Å². The zero-order chi connectivity index (χ0) is 23.5. The maximum atomic E-state index is 11.5. The maximum Gasteiger partial charge on any atom is 0.232 e. The van der Waals surface area contributed by atoms with E-state index in [0.717, 1.165) is 56.0 Å². The number of carbonyl (C=O) groups excluding carboxylic acids is 1. The molecule has 2 saturated heterocycles. The third-order valence-electron chi connectivity index (χ3n) is 7.12. The second-order valence-corrected chi connectivity index (χ2v) is 9.39. The summed E-state index contributed by atoms with van der Waals surface area (Å²) < 4.78 is 0. The molecule has 0 radical (unpaired) electrons. The first-order valence-electron chi connectivity index (χ1n) is 11.9. The Morgan fingerprint density at radius 3 is 2.35 bits per heavy atom. The van der Waals surface area contributed by atoms with E-state index in [0.29, 0.717) is 17.3 Å². The number of hydrogen-bond donors (Lipinski definition) is 2.